The SMILES string of the molecule is Cc1ccc(-c2nnc(NC3C[C@H]4CC[C@@H](C3)O4)c3cnccc23)c(O)c1. The van der Waals surface area contributed by atoms with Gasteiger partial charge in [0, 0.05) is 34.8 Å². The van der Waals surface area contributed by atoms with Crippen LogP contribution in [0.3, 0.4) is 0 Å². The zero-order chi connectivity index (χ0) is 18.4. The smallest absolute Gasteiger partial charge is 0.158 e. The summed E-state index contributed by atoms with van der Waals surface area (Å²) in [5.74, 6) is 0.962. The molecule has 138 valence electrons. The van der Waals surface area contributed by atoms with Crippen molar-refractivity contribution in [2.45, 2.75) is 50.9 Å². The molecule has 2 fully saturated rings. The van der Waals surface area contributed by atoms with Crippen LogP contribution in [0.25, 0.3) is 22.0 Å². The summed E-state index contributed by atoms with van der Waals surface area (Å²) in [6.45, 7) is 1.95. The standard InChI is InChI=1S/C21H22N4O2/c1-12-2-5-17(19(26)8-12)20-16-6-7-22-11-18(16)21(25-24-20)23-13-9-14-3-4-15(10-13)27-14/h2,5-8,11,13-15,26H,3-4,9-10H2,1H3,(H,23,25)/t13?,14-,15+. The number of pyridine rings is 1. The molecule has 1 unspecified atom stereocenters. The molecular weight excluding hydrogens is 340 g/mol. The number of aromatic nitrogens is 3. The summed E-state index contributed by atoms with van der Waals surface area (Å²) < 4.78 is 5.94. The molecule has 0 saturated carbocycles. The molecule has 3 aromatic rings. The normalized spacial score (nSPS) is 24.3. The van der Waals surface area contributed by atoms with Crippen molar-refractivity contribution in [1.29, 1.82) is 0 Å². The van der Waals surface area contributed by atoms with Gasteiger partial charge in [0.15, 0.2) is 5.82 Å². The molecule has 2 aromatic heterocycles. The zero-order valence-electron chi connectivity index (χ0n) is 15.2. The van der Waals surface area contributed by atoms with E-state index < -0.39 is 0 Å². The fourth-order valence-corrected chi connectivity index (χ4v) is 4.31. The summed E-state index contributed by atoms with van der Waals surface area (Å²) in [4.78, 5) is 4.29. The van der Waals surface area contributed by atoms with Gasteiger partial charge < -0.3 is 15.2 Å². The van der Waals surface area contributed by atoms with Gasteiger partial charge in [0.2, 0.25) is 0 Å². The number of aromatic hydroxyl groups is 1. The molecule has 0 radical (unpaired) electrons. The van der Waals surface area contributed by atoms with Crippen molar-refractivity contribution >= 4 is 16.6 Å². The Balaban J connectivity index is 1.54. The lowest BCUT2D eigenvalue weighted by atomic mass is 10.0. The molecule has 4 heterocycles. The summed E-state index contributed by atoms with van der Waals surface area (Å²) in [5.41, 5.74) is 2.35. The third kappa shape index (κ3) is 3.00. The van der Waals surface area contributed by atoms with Crippen LogP contribution >= 0.6 is 0 Å². The second-order valence-electron chi connectivity index (χ2n) is 7.61. The molecule has 27 heavy (non-hydrogen) atoms. The van der Waals surface area contributed by atoms with Gasteiger partial charge >= 0.3 is 0 Å². The van der Waals surface area contributed by atoms with Crippen molar-refractivity contribution in [3.8, 4) is 17.0 Å². The Bertz CT molecular complexity index is 995. The number of ether oxygens (including phenoxy) is 1. The fourth-order valence-electron chi connectivity index (χ4n) is 4.31. The number of nitrogens with one attached hydrogen (secondary N) is 1. The maximum Gasteiger partial charge on any atom is 0.158 e. The molecule has 2 saturated heterocycles. The van der Waals surface area contributed by atoms with E-state index in [0.29, 0.717) is 29.5 Å². The van der Waals surface area contributed by atoms with E-state index in [1.54, 1.807) is 12.3 Å². The average Bonchev–Trinajstić information content (AvgIpc) is 3.01. The van der Waals surface area contributed by atoms with Crippen LogP contribution in [-0.2, 0) is 4.74 Å². The molecule has 5 rings (SSSR count). The third-order valence-corrected chi connectivity index (χ3v) is 5.62. The van der Waals surface area contributed by atoms with Crippen molar-refractivity contribution in [3.63, 3.8) is 0 Å². The second-order valence-corrected chi connectivity index (χ2v) is 7.61. The van der Waals surface area contributed by atoms with Crippen molar-refractivity contribution < 1.29 is 9.84 Å². The van der Waals surface area contributed by atoms with Gasteiger partial charge in [-0.2, -0.15) is 0 Å². The molecule has 3 atom stereocenters. The summed E-state index contributed by atoms with van der Waals surface area (Å²) in [6.07, 6.45) is 8.60. The number of aryl methyl sites for hydroxylation is 1. The van der Waals surface area contributed by atoms with Crippen molar-refractivity contribution in [1.82, 2.24) is 15.2 Å². The van der Waals surface area contributed by atoms with Gasteiger partial charge in [-0.3, -0.25) is 4.98 Å². The molecule has 2 N–H and O–H groups in total. The molecule has 0 spiro atoms. The molecule has 2 bridgehead atoms. The summed E-state index contributed by atoms with van der Waals surface area (Å²) in [5, 5.41) is 24.7. The Kier molecular flexibility index (Phi) is 3.93. The van der Waals surface area contributed by atoms with E-state index in [1.807, 2.05) is 31.3 Å². The van der Waals surface area contributed by atoms with Crippen LogP contribution in [0.15, 0.2) is 36.7 Å². The topological polar surface area (TPSA) is 80.2 Å². The minimum Gasteiger partial charge on any atom is -0.507 e. The summed E-state index contributed by atoms with van der Waals surface area (Å²) in [7, 11) is 0. The Morgan fingerprint density at radius 2 is 1.89 bits per heavy atom. The van der Waals surface area contributed by atoms with Crippen molar-refractivity contribution in [3.05, 3.63) is 42.2 Å². The number of phenols is 1. The van der Waals surface area contributed by atoms with Crippen molar-refractivity contribution in [2.24, 2.45) is 0 Å². The van der Waals surface area contributed by atoms with E-state index in [0.717, 1.165) is 47.8 Å². The van der Waals surface area contributed by atoms with Crippen LogP contribution in [0.5, 0.6) is 5.75 Å². The van der Waals surface area contributed by atoms with Gasteiger partial charge in [0.25, 0.3) is 0 Å². The summed E-state index contributed by atoms with van der Waals surface area (Å²) >= 11 is 0. The summed E-state index contributed by atoms with van der Waals surface area (Å²) in [6, 6.07) is 7.87. The highest BCUT2D eigenvalue weighted by molar-refractivity contribution is 6.00. The van der Waals surface area contributed by atoms with Gasteiger partial charge in [-0.25, -0.2) is 0 Å². The lowest BCUT2D eigenvalue weighted by molar-refractivity contribution is 0.000663. The molecule has 1 aromatic carbocycles. The minimum absolute atomic E-state index is 0.212. The Hall–Kier alpha value is -2.73. The largest absolute Gasteiger partial charge is 0.507 e. The van der Waals surface area contributed by atoms with Crippen LogP contribution in [0.4, 0.5) is 5.82 Å². The Morgan fingerprint density at radius 1 is 1.07 bits per heavy atom. The van der Waals surface area contributed by atoms with E-state index in [-0.39, 0.29) is 5.75 Å². The maximum atomic E-state index is 10.4. The quantitative estimate of drug-likeness (QED) is 0.737. The number of benzene rings is 1. The molecule has 6 heteroatoms. The first-order valence-electron chi connectivity index (χ1n) is 9.50. The number of anilines is 1. The van der Waals surface area contributed by atoms with Crippen LogP contribution in [0.1, 0.15) is 31.2 Å². The number of hydrogen-bond acceptors (Lipinski definition) is 6. The van der Waals surface area contributed by atoms with Crippen molar-refractivity contribution in [2.75, 3.05) is 5.32 Å². The Labute approximate surface area is 157 Å². The first kappa shape index (κ1) is 16.4. The first-order valence-corrected chi connectivity index (χ1v) is 9.50. The monoisotopic (exact) mass is 362 g/mol. The highest BCUT2D eigenvalue weighted by atomic mass is 16.5. The predicted molar refractivity (Wildman–Crippen MR) is 104 cm³/mol. The van der Waals surface area contributed by atoms with Crippen LogP contribution in [-0.4, -0.2) is 38.5 Å². The van der Waals surface area contributed by atoms with Gasteiger partial charge in [-0.15, -0.1) is 10.2 Å². The molecule has 0 aliphatic carbocycles. The molecule has 2 aliphatic heterocycles. The number of rotatable bonds is 3. The number of phenolic OH excluding ortho intramolecular Hbond substituents is 1. The first-order chi connectivity index (χ1) is 13.2. The predicted octanol–water partition coefficient (Wildman–Crippen LogP) is 3.83. The van der Waals surface area contributed by atoms with E-state index in [4.69, 9.17) is 4.74 Å². The van der Waals surface area contributed by atoms with E-state index >= 15 is 0 Å². The Morgan fingerprint density at radius 3 is 2.67 bits per heavy atom. The van der Waals surface area contributed by atoms with Gasteiger partial charge in [0.05, 0.1) is 12.2 Å². The third-order valence-electron chi connectivity index (χ3n) is 5.62. The second kappa shape index (κ2) is 6.46. The fraction of sp³-hybridized carbons (Fsp3) is 0.381. The van der Waals surface area contributed by atoms with E-state index in [1.165, 1.54) is 0 Å². The lowest BCUT2D eigenvalue weighted by Crippen LogP contribution is -2.34. The molecular formula is C21H22N4O2. The maximum absolute atomic E-state index is 10.4. The highest BCUT2D eigenvalue weighted by Crippen LogP contribution is 2.37. The van der Waals surface area contributed by atoms with Gasteiger partial charge in [-0.05, 0) is 56.4 Å². The molecule has 6 nitrogen and oxygen atoms in total. The van der Waals surface area contributed by atoms with Crippen LogP contribution in [0.2, 0.25) is 0 Å². The minimum atomic E-state index is 0.212. The molecule has 2 aliphatic rings. The number of nitrogens with zero attached hydrogens (tertiary/aromatic N) is 3. The molecule has 0 amide bonds. The average molecular weight is 362 g/mol. The van der Waals surface area contributed by atoms with Crippen LogP contribution in [0, 0.1) is 6.92 Å². The van der Waals surface area contributed by atoms with Gasteiger partial charge in [0.1, 0.15) is 11.4 Å². The lowest BCUT2D eigenvalue weighted by Gasteiger charge is -2.29. The number of hydrogen-bond donors (Lipinski definition) is 2. The van der Waals surface area contributed by atoms with E-state index in [9.17, 15) is 5.11 Å². The number of fused-ring (bicyclic) bond motifs is 3. The highest BCUT2D eigenvalue weighted by Gasteiger charge is 2.35. The van der Waals surface area contributed by atoms with Gasteiger partial charge in [-0.1, -0.05) is 6.07 Å². The zero-order valence-corrected chi connectivity index (χ0v) is 15.2. The van der Waals surface area contributed by atoms with E-state index in [2.05, 4.69) is 20.5 Å². The van der Waals surface area contributed by atoms with Crippen LogP contribution < -0.4 is 5.32 Å².